The number of nitrogens with one attached hydrogen (secondary N) is 3. The number of rotatable bonds is 5. The fourth-order valence-corrected chi connectivity index (χ4v) is 2.12. The van der Waals surface area contributed by atoms with Crippen LogP contribution in [-0.4, -0.2) is 28.5 Å². The second-order valence-corrected chi connectivity index (χ2v) is 5.72. The quantitative estimate of drug-likeness (QED) is 0.632. The molecule has 0 fully saturated rings. The van der Waals surface area contributed by atoms with Crippen LogP contribution in [0.2, 0.25) is 5.02 Å². The molecule has 0 aliphatic rings. The molecule has 5 N–H and O–H groups in total. The van der Waals surface area contributed by atoms with Crippen molar-refractivity contribution in [2.24, 2.45) is 0 Å². The number of carbonyl (C=O) groups excluding carboxylic acids is 1. The number of benzene rings is 1. The molecule has 0 radical (unpaired) electrons. The lowest BCUT2D eigenvalue weighted by Crippen LogP contribution is -2.40. The normalized spacial score (nSPS) is 11.8. The van der Waals surface area contributed by atoms with Gasteiger partial charge in [-0.3, -0.25) is 14.6 Å². The summed E-state index contributed by atoms with van der Waals surface area (Å²) in [7, 11) is 0. The number of nitrogen functional groups attached to an aromatic ring is 1. The van der Waals surface area contributed by atoms with E-state index in [0.29, 0.717) is 10.8 Å². The minimum Gasteiger partial charge on any atom is -0.490 e. The van der Waals surface area contributed by atoms with E-state index in [1.54, 1.807) is 19.1 Å². The summed E-state index contributed by atoms with van der Waals surface area (Å²) in [5.74, 6) is -0.177. The smallest absolute Gasteiger partial charge is 0.326 e. The SMILES string of the molecule is Cc1ccc(Cl)c(OCC(C)NC(=O)c2[nH]c(=O)[nH]c(=O)c2N)c1. The summed E-state index contributed by atoms with van der Waals surface area (Å²) in [4.78, 5) is 38.9. The Morgan fingerprint density at radius 3 is 2.79 bits per heavy atom. The third kappa shape index (κ3) is 4.17. The second kappa shape index (κ2) is 7.22. The van der Waals surface area contributed by atoms with E-state index in [4.69, 9.17) is 22.1 Å². The van der Waals surface area contributed by atoms with Crippen LogP contribution in [-0.2, 0) is 0 Å². The van der Waals surface area contributed by atoms with Crippen LogP contribution in [0, 0.1) is 6.92 Å². The summed E-state index contributed by atoms with van der Waals surface area (Å²) in [5, 5.41) is 3.05. The summed E-state index contributed by atoms with van der Waals surface area (Å²) in [5.41, 5.74) is 4.21. The minimum absolute atomic E-state index is 0.141. The van der Waals surface area contributed by atoms with Crippen LogP contribution in [0.25, 0.3) is 0 Å². The van der Waals surface area contributed by atoms with Crippen LogP contribution in [0.4, 0.5) is 5.69 Å². The highest BCUT2D eigenvalue weighted by Crippen LogP contribution is 2.25. The van der Waals surface area contributed by atoms with Crippen LogP contribution in [0.1, 0.15) is 23.0 Å². The number of H-pyrrole nitrogens is 2. The molecular formula is C15H17ClN4O4. The zero-order chi connectivity index (χ0) is 17.9. The molecule has 1 aromatic heterocycles. The van der Waals surface area contributed by atoms with Crippen molar-refractivity contribution in [2.75, 3.05) is 12.3 Å². The van der Waals surface area contributed by atoms with Gasteiger partial charge in [0.2, 0.25) is 0 Å². The van der Waals surface area contributed by atoms with Crippen LogP contribution in [0.15, 0.2) is 27.8 Å². The van der Waals surface area contributed by atoms with Gasteiger partial charge in [0.1, 0.15) is 23.7 Å². The number of hydrogen-bond acceptors (Lipinski definition) is 5. The molecule has 1 amide bonds. The van der Waals surface area contributed by atoms with Crippen molar-refractivity contribution in [1.82, 2.24) is 15.3 Å². The fourth-order valence-electron chi connectivity index (χ4n) is 1.95. The van der Waals surface area contributed by atoms with Crippen molar-refractivity contribution < 1.29 is 9.53 Å². The number of aromatic nitrogens is 2. The average molecular weight is 353 g/mol. The van der Waals surface area contributed by atoms with Gasteiger partial charge in [-0.05, 0) is 31.5 Å². The summed E-state index contributed by atoms with van der Waals surface area (Å²) in [6.45, 7) is 3.74. The van der Waals surface area contributed by atoms with Gasteiger partial charge in [-0.15, -0.1) is 0 Å². The maximum absolute atomic E-state index is 12.1. The van der Waals surface area contributed by atoms with E-state index >= 15 is 0 Å². The molecule has 1 atom stereocenters. The van der Waals surface area contributed by atoms with Crippen molar-refractivity contribution in [3.05, 3.63) is 55.3 Å². The Hall–Kier alpha value is -2.74. The lowest BCUT2D eigenvalue weighted by Gasteiger charge is -2.16. The van der Waals surface area contributed by atoms with Gasteiger partial charge in [-0.25, -0.2) is 4.79 Å². The first-order chi connectivity index (χ1) is 11.3. The molecule has 0 bridgehead atoms. The Bertz CT molecular complexity index is 875. The van der Waals surface area contributed by atoms with Gasteiger partial charge in [-0.1, -0.05) is 17.7 Å². The molecular weight excluding hydrogens is 336 g/mol. The van der Waals surface area contributed by atoms with E-state index in [2.05, 4.69) is 10.3 Å². The van der Waals surface area contributed by atoms with E-state index in [9.17, 15) is 14.4 Å². The number of ether oxygens (including phenoxy) is 1. The fraction of sp³-hybridized carbons (Fsp3) is 0.267. The second-order valence-electron chi connectivity index (χ2n) is 5.32. The number of aromatic amines is 2. The van der Waals surface area contributed by atoms with Gasteiger partial charge >= 0.3 is 5.69 Å². The number of amides is 1. The largest absolute Gasteiger partial charge is 0.490 e. The third-order valence-corrected chi connectivity index (χ3v) is 3.47. The summed E-state index contributed by atoms with van der Waals surface area (Å²) in [6, 6.07) is 4.93. The Morgan fingerprint density at radius 1 is 1.38 bits per heavy atom. The number of nitrogens with two attached hydrogens (primary N) is 1. The van der Waals surface area contributed by atoms with Gasteiger partial charge in [0, 0.05) is 0 Å². The molecule has 1 heterocycles. The first-order valence-electron chi connectivity index (χ1n) is 7.10. The molecule has 24 heavy (non-hydrogen) atoms. The van der Waals surface area contributed by atoms with E-state index in [1.807, 2.05) is 18.0 Å². The van der Waals surface area contributed by atoms with Crippen molar-refractivity contribution in [2.45, 2.75) is 19.9 Å². The molecule has 8 nitrogen and oxygen atoms in total. The first kappa shape index (κ1) is 17.6. The predicted octanol–water partition coefficient (Wildman–Crippen LogP) is 0.805. The van der Waals surface area contributed by atoms with E-state index in [0.717, 1.165) is 5.56 Å². The lowest BCUT2D eigenvalue weighted by atomic mass is 10.2. The van der Waals surface area contributed by atoms with Crippen molar-refractivity contribution in [3.63, 3.8) is 0 Å². The Balaban J connectivity index is 2.03. The molecule has 0 spiro atoms. The number of hydrogen-bond donors (Lipinski definition) is 4. The maximum Gasteiger partial charge on any atom is 0.326 e. The molecule has 0 saturated carbocycles. The molecule has 0 saturated heterocycles. The minimum atomic E-state index is -0.820. The van der Waals surface area contributed by atoms with E-state index < -0.39 is 23.2 Å². The molecule has 2 rings (SSSR count). The zero-order valence-electron chi connectivity index (χ0n) is 13.1. The summed E-state index contributed by atoms with van der Waals surface area (Å²) in [6.07, 6.45) is 0. The van der Waals surface area contributed by atoms with Crippen molar-refractivity contribution in [1.29, 1.82) is 0 Å². The molecule has 1 aromatic carbocycles. The molecule has 9 heteroatoms. The average Bonchev–Trinajstić information content (AvgIpc) is 2.51. The maximum atomic E-state index is 12.1. The molecule has 2 aromatic rings. The van der Waals surface area contributed by atoms with Gasteiger partial charge in [0.05, 0.1) is 11.1 Å². The highest BCUT2D eigenvalue weighted by atomic mass is 35.5. The highest BCUT2D eigenvalue weighted by Gasteiger charge is 2.17. The first-order valence-corrected chi connectivity index (χ1v) is 7.47. The summed E-state index contributed by atoms with van der Waals surface area (Å²) < 4.78 is 5.58. The van der Waals surface area contributed by atoms with Crippen LogP contribution in [0.3, 0.4) is 0 Å². The topological polar surface area (TPSA) is 130 Å². The van der Waals surface area contributed by atoms with Gasteiger partial charge in [0.25, 0.3) is 11.5 Å². The Labute approximate surface area is 142 Å². The zero-order valence-corrected chi connectivity index (χ0v) is 13.9. The van der Waals surface area contributed by atoms with Gasteiger partial charge < -0.3 is 20.8 Å². The number of aryl methyl sites for hydroxylation is 1. The van der Waals surface area contributed by atoms with Crippen molar-refractivity contribution >= 4 is 23.2 Å². The Morgan fingerprint density at radius 2 is 2.08 bits per heavy atom. The lowest BCUT2D eigenvalue weighted by molar-refractivity contribution is 0.0922. The summed E-state index contributed by atoms with van der Waals surface area (Å²) >= 11 is 6.03. The van der Waals surface area contributed by atoms with Crippen LogP contribution < -0.4 is 27.0 Å². The van der Waals surface area contributed by atoms with E-state index in [-0.39, 0.29) is 18.0 Å². The van der Waals surface area contributed by atoms with Crippen molar-refractivity contribution in [3.8, 4) is 5.75 Å². The number of anilines is 1. The molecule has 0 aliphatic carbocycles. The monoisotopic (exact) mass is 352 g/mol. The predicted molar refractivity (Wildman–Crippen MR) is 90.7 cm³/mol. The highest BCUT2D eigenvalue weighted by molar-refractivity contribution is 6.32. The molecule has 128 valence electrons. The molecule has 0 aliphatic heterocycles. The Kier molecular flexibility index (Phi) is 5.30. The van der Waals surface area contributed by atoms with Crippen LogP contribution in [0.5, 0.6) is 5.75 Å². The van der Waals surface area contributed by atoms with E-state index in [1.165, 1.54) is 0 Å². The number of halogens is 1. The molecule has 1 unspecified atom stereocenters. The third-order valence-electron chi connectivity index (χ3n) is 3.16. The van der Waals surface area contributed by atoms with Gasteiger partial charge in [0.15, 0.2) is 0 Å². The number of carbonyl (C=O) groups is 1. The van der Waals surface area contributed by atoms with Gasteiger partial charge in [-0.2, -0.15) is 0 Å². The standard InChI is InChI=1S/C15H17ClN4O4/c1-7-3-4-9(16)10(5-7)24-6-8(2)18-14(22)12-11(17)13(21)20-15(23)19-12/h3-5,8H,6,17H2,1-2H3,(H,18,22)(H2,19,20,21,23). The van der Waals surface area contributed by atoms with Crippen LogP contribution >= 0.6 is 11.6 Å².